The maximum Gasteiger partial charge on any atom is 0.416 e. The highest BCUT2D eigenvalue weighted by molar-refractivity contribution is 5.96. The van der Waals surface area contributed by atoms with Crippen LogP contribution in [0.25, 0.3) is 11.1 Å². The van der Waals surface area contributed by atoms with Gasteiger partial charge in [-0.1, -0.05) is 37.1 Å². The van der Waals surface area contributed by atoms with Gasteiger partial charge in [-0.15, -0.1) is 0 Å². The molecule has 10 nitrogen and oxygen atoms in total. The predicted molar refractivity (Wildman–Crippen MR) is 156 cm³/mol. The summed E-state index contributed by atoms with van der Waals surface area (Å²) in [6, 6.07) is 6.63. The molecule has 0 spiro atoms. The Morgan fingerprint density at radius 2 is 1.96 bits per heavy atom. The average Bonchev–Trinajstić information content (AvgIpc) is 3.31. The third-order valence-electron chi connectivity index (χ3n) is 8.73. The fraction of sp³-hybridized carbons (Fsp3) is 0.438. The summed E-state index contributed by atoms with van der Waals surface area (Å²) in [6.45, 7) is -0.117. The van der Waals surface area contributed by atoms with Crippen LogP contribution in [0, 0.1) is 11.7 Å². The number of rotatable bonds is 5. The Kier molecular flexibility index (Phi) is 8.38. The van der Waals surface area contributed by atoms with E-state index >= 15 is 0 Å². The van der Waals surface area contributed by atoms with Crippen LogP contribution < -0.4 is 15.4 Å². The van der Waals surface area contributed by atoms with Crippen molar-refractivity contribution < 1.29 is 46.2 Å². The second-order valence-corrected chi connectivity index (χ2v) is 12.0. The van der Waals surface area contributed by atoms with Gasteiger partial charge in [0.2, 0.25) is 11.8 Å². The van der Waals surface area contributed by atoms with Gasteiger partial charge in [-0.25, -0.2) is 9.18 Å². The number of hydrogen-bond acceptors (Lipinski definition) is 7. The first-order valence-electron chi connectivity index (χ1n) is 15.1. The molecule has 46 heavy (non-hydrogen) atoms. The highest BCUT2D eigenvalue weighted by Crippen LogP contribution is 2.45. The standard InChI is InChI=1S/C32H32F4N4O6/c33-20-12-19(32(34,35)36)13-21(14-20)37-24-10-5-3-1-2-4-8-18-16-31(18,29(43)44)39-27(41)25-15-22(17-40(25)28(24)42)45-30-38-23-9-6-7-11-26(23)46-30/h4,6-9,11-14,18,22,24-25,37H,1-3,5,10,15-17H2,(H,39,41)(H,43,44)/t18-,22-,24+,25+,31-/m1/s1. The Labute approximate surface area is 260 Å². The molecule has 5 atom stereocenters. The molecule has 14 heteroatoms. The minimum atomic E-state index is -4.81. The topological polar surface area (TPSA) is 134 Å². The lowest BCUT2D eigenvalue weighted by Gasteiger charge is -2.30. The van der Waals surface area contributed by atoms with Gasteiger partial charge in [0.1, 0.15) is 35.1 Å². The number of fused-ring (bicyclic) bond motifs is 3. The Balaban J connectivity index is 1.31. The lowest BCUT2D eigenvalue weighted by atomic mass is 10.0. The predicted octanol–water partition coefficient (Wildman–Crippen LogP) is 5.29. The van der Waals surface area contributed by atoms with Crippen LogP contribution in [-0.2, 0) is 20.6 Å². The van der Waals surface area contributed by atoms with E-state index in [1.165, 1.54) is 4.90 Å². The zero-order valence-electron chi connectivity index (χ0n) is 24.6. The zero-order valence-corrected chi connectivity index (χ0v) is 24.6. The van der Waals surface area contributed by atoms with Gasteiger partial charge in [0.15, 0.2) is 5.58 Å². The van der Waals surface area contributed by atoms with Crippen molar-refractivity contribution in [1.29, 1.82) is 0 Å². The van der Waals surface area contributed by atoms with Crippen molar-refractivity contribution in [3.8, 4) is 6.08 Å². The molecule has 2 amide bonds. The SMILES string of the molecule is O=C1N[C@]2(C(=O)O)C[C@H]2C=CCCCCC[C@H](Nc2cc(F)cc(C(F)(F)F)c2)C(=O)N2C[C@H](Oc3nc4ccccc4o3)C[C@@H]12. The summed E-state index contributed by atoms with van der Waals surface area (Å²) in [5, 5.41) is 15.5. The van der Waals surface area contributed by atoms with Crippen LogP contribution in [0.15, 0.2) is 59.0 Å². The number of halogens is 4. The minimum Gasteiger partial charge on any atom is -0.479 e. The lowest BCUT2D eigenvalue weighted by Crippen LogP contribution is -2.55. The molecule has 3 N–H and O–H groups in total. The lowest BCUT2D eigenvalue weighted by molar-refractivity contribution is -0.145. The monoisotopic (exact) mass is 644 g/mol. The third kappa shape index (κ3) is 6.51. The number of benzene rings is 2. The summed E-state index contributed by atoms with van der Waals surface area (Å²) in [4.78, 5) is 45.7. The van der Waals surface area contributed by atoms with E-state index in [-0.39, 0.29) is 37.6 Å². The number of hydrogen-bond donors (Lipinski definition) is 3. The maximum absolute atomic E-state index is 14.3. The van der Waals surface area contributed by atoms with Gasteiger partial charge in [0.05, 0.1) is 12.1 Å². The Bertz CT molecular complexity index is 1640. The van der Waals surface area contributed by atoms with Crippen molar-refractivity contribution in [1.82, 2.24) is 15.2 Å². The first-order valence-corrected chi connectivity index (χ1v) is 15.1. The third-order valence-corrected chi connectivity index (χ3v) is 8.73. The molecular weight excluding hydrogens is 612 g/mol. The smallest absolute Gasteiger partial charge is 0.416 e. The molecule has 2 fully saturated rings. The van der Waals surface area contributed by atoms with Crippen molar-refractivity contribution in [2.75, 3.05) is 11.9 Å². The summed E-state index contributed by atoms with van der Waals surface area (Å²) in [5.74, 6) is -4.06. The van der Waals surface area contributed by atoms with Crippen LogP contribution in [0.1, 0.15) is 50.5 Å². The molecule has 2 aromatic carbocycles. The second-order valence-electron chi connectivity index (χ2n) is 12.0. The van der Waals surface area contributed by atoms with Crippen molar-refractivity contribution in [2.45, 2.75) is 74.8 Å². The number of anilines is 1. The normalized spacial score (nSPS) is 27.3. The van der Waals surface area contributed by atoms with E-state index in [1.807, 2.05) is 6.08 Å². The number of nitrogens with zero attached hydrogens (tertiary/aromatic N) is 2. The number of oxazole rings is 1. The van der Waals surface area contributed by atoms with Crippen molar-refractivity contribution in [2.24, 2.45) is 5.92 Å². The zero-order chi connectivity index (χ0) is 32.6. The fourth-order valence-corrected chi connectivity index (χ4v) is 6.23. The molecule has 1 aromatic heterocycles. The van der Waals surface area contributed by atoms with Crippen LogP contribution in [0.5, 0.6) is 6.08 Å². The molecule has 0 bridgehead atoms. The molecule has 0 radical (unpaired) electrons. The maximum atomic E-state index is 14.3. The number of carboxylic acid groups (broad SMARTS) is 1. The van der Waals surface area contributed by atoms with E-state index < -0.39 is 65.0 Å². The van der Waals surface area contributed by atoms with Gasteiger partial charge in [0.25, 0.3) is 0 Å². The van der Waals surface area contributed by atoms with Gasteiger partial charge < -0.3 is 29.8 Å². The number of carbonyl (C=O) groups is 3. The van der Waals surface area contributed by atoms with Crippen LogP contribution in [0.2, 0.25) is 0 Å². The Morgan fingerprint density at radius 3 is 2.72 bits per heavy atom. The average molecular weight is 645 g/mol. The van der Waals surface area contributed by atoms with Gasteiger partial charge >= 0.3 is 18.2 Å². The van der Waals surface area contributed by atoms with Gasteiger partial charge in [-0.2, -0.15) is 18.2 Å². The van der Waals surface area contributed by atoms with Gasteiger partial charge in [0, 0.05) is 18.0 Å². The second kappa shape index (κ2) is 12.3. The first kappa shape index (κ1) is 31.4. The number of nitrogens with one attached hydrogen (secondary N) is 2. The number of aromatic nitrogens is 1. The molecule has 1 saturated heterocycles. The first-order chi connectivity index (χ1) is 21.9. The quantitative estimate of drug-likeness (QED) is 0.252. The number of amides is 2. The summed E-state index contributed by atoms with van der Waals surface area (Å²) < 4.78 is 66.2. The van der Waals surface area contributed by atoms with Crippen molar-refractivity contribution >= 4 is 34.6 Å². The van der Waals surface area contributed by atoms with Gasteiger partial charge in [-0.3, -0.25) is 9.59 Å². The van der Waals surface area contributed by atoms with E-state index in [2.05, 4.69) is 15.6 Å². The largest absolute Gasteiger partial charge is 0.479 e. The number of carboxylic acids is 1. The molecule has 3 aliphatic rings. The van der Waals surface area contributed by atoms with E-state index in [4.69, 9.17) is 9.15 Å². The highest BCUT2D eigenvalue weighted by atomic mass is 19.4. The number of carbonyl (C=O) groups excluding carboxylic acids is 2. The van der Waals surface area contributed by atoms with E-state index in [1.54, 1.807) is 30.3 Å². The summed E-state index contributed by atoms with van der Waals surface area (Å²) in [5.41, 5.74) is -1.97. The molecule has 0 unspecified atom stereocenters. The van der Waals surface area contributed by atoms with Gasteiger partial charge in [-0.05, 0) is 56.0 Å². The molecule has 6 rings (SSSR count). The number of allylic oxidation sites excluding steroid dienone is 1. The van der Waals surface area contributed by atoms with E-state index in [0.717, 1.165) is 18.6 Å². The summed E-state index contributed by atoms with van der Waals surface area (Å²) >= 11 is 0. The molecule has 1 saturated carbocycles. The molecule has 3 aromatic rings. The van der Waals surface area contributed by atoms with Crippen LogP contribution in [0.3, 0.4) is 0 Å². The number of alkyl halides is 3. The van der Waals surface area contributed by atoms with Crippen LogP contribution >= 0.6 is 0 Å². The number of ether oxygens (including phenoxy) is 1. The molecule has 2 aliphatic heterocycles. The minimum absolute atomic E-state index is 0.0303. The molecule has 1 aliphatic carbocycles. The molecule has 244 valence electrons. The van der Waals surface area contributed by atoms with E-state index in [9.17, 15) is 37.1 Å². The number of para-hydroxylation sites is 2. The van der Waals surface area contributed by atoms with Crippen molar-refractivity contribution in [3.05, 3.63) is 66.0 Å². The summed E-state index contributed by atoms with van der Waals surface area (Å²) in [6.07, 6.45) is 0.888. The Hall–Kier alpha value is -4.62. The Morgan fingerprint density at radius 1 is 1.15 bits per heavy atom. The number of aliphatic carboxylic acids is 1. The van der Waals surface area contributed by atoms with Crippen LogP contribution in [-0.4, -0.2) is 63.0 Å². The highest BCUT2D eigenvalue weighted by Gasteiger charge is 2.61. The van der Waals surface area contributed by atoms with E-state index in [0.29, 0.717) is 36.4 Å². The fourth-order valence-electron chi connectivity index (χ4n) is 6.23. The van der Waals surface area contributed by atoms with Crippen molar-refractivity contribution in [3.63, 3.8) is 0 Å². The van der Waals surface area contributed by atoms with Crippen LogP contribution in [0.4, 0.5) is 23.2 Å². The summed E-state index contributed by atoms with van der Waals surface area (Å²) in [7, 11) is 0. The molecular formula is C32H32F4N4O6. The molecule has 3 heterocycles.